The van der Waals surface area contributed by atoms with Crippen molar-refractivity contribution < 1.29 is 57.2 Å². The van der Waals surface area contributed by atoms with Crippen LogP contribution in [-0.2, 0) is 28.7 Å². The molecule has 0 spiro atoms. The van der Waals surface area contributed by atoms with E-state index in [1.165, 1.54) is 60.7 Å². The lowest BCUT2D eigenvalue weighted by atomic mass is 10.2. The minimum atomic E-state index is -0.647. The molecule has 0 fully saturated rings. The lowest BCUT2D eigenvalue weighted by molar-refractivity contribution is -0.139. The van der Waals surface area contributed by atoms with Crippen molar-refractivity contribution in [2.45, 2.75) is 45.4 Å². The van der Waals surface area contributed by atoms with Crippen LogP contribution in [0, 0.1) is 6.92 Å². The van der Waals surface area contributed by atoms with Gasteiger partial charge in [0.05, 0.1) is 24.3 Å². The summed E-state index contributed by atoms with van der Waals surface area (Å²) in [5.41, 5.74) is 0.974. The van der Waals surface area contributed by atoms with Gasteiger partial charge in [0.25, 0.3) is 0 Å². The molecule has 256 valence electrons. The van der Waals surface area contributed by atoms with Crippen molar-refractivity contribution in [1.29, 1.82) is 0 Å². The van der Waals surface area contributed by atoms with Gasteiger partial charge in [0.1, 0.15) is 23.0 Å². The molecule has 0 saturated heterocycles. The highest BCUT2D eigenvalue weighted by atomic mass is 16.6. The molecule has 0 saturated carbocycles. The van der Waals surface area contributed by atoms with Crippen LogP contribution in [0.5, 0.6) is 23.0 Å². The molecule has 0 aliphatic rings. The summed E-state index contributed by atoms with van der Waals surface area (Å²) in [5, 5.41) is 0. The topological polar surface area (TPSA) is 158 Å². The molecule has 0 N–H and O–H groups in total. The van der Waals surface area contributed by atoms with Crippen molar-refractivity contribution in [1.82, 2.24) is 0 Å². The summed E-state index contributed by atoms with van der Waals surface area (Å²) < 4.78 is 31.2. The van der Waals surface area contributed by atoms with Crippen LogP contribution in [0.4, 0.5) is 0 Å². The van der Waals surface area contributed by atoms with Crippen molar-refractivity contribution in [3.63, 3.8) is 0 Å². The first-order chi connectivity index (χ1) is 23.6. The second-order valence-electron chi connectivity index (χ2n) is 10.4. The number of rotatable bonds is 18. The van der Waals surface area contributed by atoms with Crippen LogP contribution in [0.2, 0.25) is 0 Å². The number of carbonyl (C=O) groups excluding carboxylic acids is 6. The van der Waals surface area contributed by atoms with Gasteiger partial charge in [0, 0.05) is 25.0 Å². The Morgan fingerprint density at radius 2 is 0.980 bits per heavy atom. The van der Waals surface area contributed by atoms with Crippen LogP contribution < -0.4 is 18.9 Å². The molecular formula is C37H36O12. The van der Waals surface area contributed by atoms with Crippen molar-refractivity contribution in [2.24, 2.45) is 0 Å². The van der Waals surface area contributed by atoms with Crippen molar-refractivity contribution in [3.8, 4) is 23.0 Å². The molecule has 0 atom stereocenters. The van der Waals surface area contributed by atoms with Crippen LogP contribution in [-0.4, -0.2) is 49.0 Å². The Hall–Kier alpha value is -6.04. The Labute approximate surface area is 283 Å². The molecule has 0 unspecified atom stereocenters. The number of unbranched alkanes of at least 4 members (excludes halogenated alkanes) is 2. The van der Waals surface area contributed by atoms with E-state index in [0.29, 0.717) is 31.2 Å². The first-order valence-corrected chi connectivity index (χ1v) is 15.3. The molecule has 3 aromatic rings. The van der Waals surface area contributed by atoms with E-state index >= 15 is 0 Å². The molecule has 12 nitrogen and oxygen atoms in total. The molecule has 49 heavy (non-hydrogen) atoms. The van der Waals surface area contributed by atoms with Crippen molar-refractivity contribution in [3.05, 3.63) is 109 Å². The molecule has 3 aromatic carbocycles. The quantitative estimate of drug-likeness (QED) is 0.0668. The number of ether oxygens (including phenoxy) is 6. The van der Waals surface area contributed by atoms with E-state index in [2.05, 4.69) is 13.2 Å². The van der Waals surface area contributed by atoms with Crippen LogP contribution in [0.1, 0.15) is 64.8 Å². The molecule has 0 amide bonds. The number of hydrogen-bond acceptors (Lipinski definition) is 12. The first-order valence-electron chi connectivity index (χ1n) is 15.3. The van der Waals surface area contributed by atoms with E-state index in [9.17, 15) is 28.8 Å². The van der Waals surface area contributed by atoms with E-state index < -0.39 is 35.8 Å². The average Bonchev–Trinajstić information content (AvgIpc) is 3.09. The average molecular weight is 673 g/mol. The summed E-state index contributed by atoms with van der Waals surface area (Å²) in [6.45, 7) is 8.66. The summed E-state index contributed by atoms with van der Waals surface area (Å²) in [6.07, 6.45) is 4.34. The zero-order valence-electron chi connectivity index (χ0n) is 27.0. The Morgan fingerprint density at radius 3 is 1.41 bits per heavy atom. The summed E-state index contributed by atoms with van der Waals surface area (Å²) >= 11 is 0. The Morgan fingerprint density at radius 1 is 0.551 bits per heavy atom. The lowest BCUT2D eigenvalue weighted by Crippen LogP contribution is -2.11. The Kier molecular flexibility index (Phi) is 15.0. The molecule has 0 aliphatic carbocycles. The maximum absolute atomic E-state index is 12.7. The fourth-order valence-electron chi connectivity index (χ4n) is 4.01. The molecule has 3 rings (SSSR count). The standard InChI is InChI=1S/C37H36O12/c1-4-32(38)44-22-8-6-10-34(40)46-28-16-12-26(13-17-28)36(42)48-30-20-21-31(25(3)24-30)49-37(43)27-14-18-29(19-15-27)47-35(41)11-7-9-23-45-33(39)5-2/h4-5,12-21,24H,1-2,6-11,22-23H2,3H3. The highest BCUT2D eigenvalue weighted by molar-refractivity contribution is 5.92. The molecule has 0 aliphatic heterocycles. The van der Waals surface area contributed by atoms with E-state index in [0.717, 1.165) is 12.2 Å². The summed E-state index contributed by atoms with van der Waals surface area (Å²) in [4.78, 5) is 71.5. The van der Waals surface area contributed by atoms with E-state index in [4.69, 9.17) is 28.4 Å². The maximum atomic E-state index is 12.7. The van der Waals surface area contributed by atoms with E-state index in [-0.39, 0.29) is 60.2 Å². The monoisotopic (exact) mass is 672 g/mol. The molecule has 12 heteroatoms. The van der Waals surface area contributed by atoms with Crippen LogP contribution in [0.3, 0.4) is 0 Å². The third-order valence-electron chi connectivity index (χ3n) is 6.58. The third-order valence-corrected chi connectivity index (χ3v) is 6.58. The highest BCUT2D eigenvalue weighted by Gasteiger charge is 2.15. The van der Waals surface area contributed by atoms with Crippen molar-refractivity contribution in [2.75, 3.05) is 13.2 Å². The summed E-state index contributed by atoms with van der Waals surface area (Å²) in [7, 11) is 0. The SMILES string of the molecule is C=CC(=O)OCCCCC(=O)Oc1ccc(C(=O)Oc2ccc(OC(=O)c3ccc(OC(=O)CCCCOC(=O)C=C)cc3)c(C)c2)cc1. The number of hydrogen-bond donors (Lipinski definition) is 0. The number of aryl methyl sites for hydroxylation is 1. The van der Waals surface area contributed by atoms with Gasteiger partial charge >= 0.3 is 35.8 Å². The van der Waals surface area contributed by atoms with Gasteiger partial charge in [-0.3, -0.25) is 9.59 Å². The number of esters is 6. The van der Waals surface area contributed by atoms with Gasteiger partial charge < -0.3 is 28.4 Å². The maximum Gasteiger partial charge on any atom is 0.343 e. The van der Waals surface area contributed by atoms with Crippen molar-refractivity contribution >= 4 is 35.8 Å². The van der Waals surface area contributed by atoms with Gasteiger partial charge in [-0.15, -0.1) is 0 Å². The minimum absolute atomic E-state index is 0.130. The van der Waals surface area contributed by atoms with Gasteiger partial charge in [0.15, 0.2) is 0 Å². The van der Waals surface area contributed by atoms with Gasteiger partial charge in [0.2, 0.25) is 0 Å². The normalized spacial score (nSPS) is 10.2. The first kappa shape index (κ1) is 37.4. The Balaban J connectivity index is 1.43. The number of carbonyl (C=O) groups is 6. The lowest BCUT2D eigenvalue weighted by Gasteiger charge is -2.11. The molecule has 0 aromatic heterocycles. The van der Waals surface area contributed by atoms with E-state index in [1.807, 2.05) is 0 Å². The molecule has 0 radical (unpaired) electrons. The molecular weight excluding hydrogens is 636 g/mol. The van der Waals surface area contributed by atoms with Crippen LogP contribution in [0.25, 0.3) is 0 Å². The number of benzene rings is 3. The molecule has 0 bridgehead atoms. The molecule has 0 heterocycles. The second kappa shape index (κ2) is 19.6. The zero-order chi connectivity index (χ0) is 35.6. The minimum Gasteiger partial charge on any atom is -0.463 e. The largest absolute Gasteiger partial charge is 0.463 e. The smallest absolute Gasteiger partial charge is 0.343 e. The van der Waals surface area contributed by atoms with Gasteiger partial charge in [-0.25, -0.2) is 19.2 Å². The summed E-state index contributed by atoms with van der Waals surface area (Å²) in [5.74, 6) is -2.26. The predicted molar refractivity (Wildman–Crippen MR) is 175 cm³/mol. The second-order valence-corrected chi connectivity index (χ2v) is 10.4. The van der Waals surface area contributed by atoms with E-state index in [1.54, 1.807) is 13.0 Å². The predicted octanol–water partition coefficient (Wildman–Crippen LogP) is 6.04. The fourth-order valence-corrected chi connectivity index (χ4v) is 4.01. The van der Waals surface area contributed by atoms with Crippen LogP contribution in [0.15, 0.2) is 92.0 Å². The Bertz CT molecular complexity index is 1660. The third kappa shape index (κ3) is 13.3. The zero-order valence-corrected chi connectivity index (χ0v) is 27.0. The van der Waals surface area contributed by atoms with Gasteiger partial charge in [-0.1, -0.05) is 13.2 Å². The van der Waals surface area contributed by atoms with Gasteiger partial charge in [-0.05, 0) is 105 Å². The fraction of sp³-hybridized carbons (Fsp3) is 0.243. The highest BCUT2D eigenvalue weighted by Crippen LogP contribution is 2.26. The summed E-state index contributed by atoms with van der Waals surface area (Å²) in [6, 6.07) is 16.3. The van der Waals surface area contributed by atoms with Crippen LogP contribution >= 0.6 is 0 Å². The van der Waals surface area contributed by atoms with Gasteiger partial charge in [-0.2, -0.15) is 0 Å².